The number of carbonyl (C=O) groups excluding carboxylic acids is 2. The number of hydroxylamine groups is 1. The molecule has 6 rings (SSSR count). The third-order valence-electron chi connectivity index (χ3n) is 6.87. The summed E-state index contributed by atoms with van der Waals surface area (Å²) in [5.74, 6) is -0.365. The normalized spacial score (nSPS) is 42.6. The Morgan fingerprint density at radius 3 is 2.96 bits per heavy atom. The molecule has 1 aromatic rings. The zero-order valence-corrected chi connectivity index (χ0v) is 14.8. The molecule has 0 radical (unpaired) electrons. The number of nitrogens with one attached hydrogen (secondary N) is 1. The molecule has 6 atom stereocenters. The summed E-state index contributed by atoms with van der Waals surface area (Å²) in [5, 5.41) is 15.9. The van der Waals surface area contributed by atoms with Gasteiger partial charge in [-0.05, 0) is 18.1 Å². The predicted molar refractivity (Wildman–Crippen MR) is 91.4 cm³/mol. The van der Waals surface area contributed by atoms with Crippen molar-refractivity contribution in [2.24, 2.45) is 5.92 Å². The van der Waals surface area contributed by atoms with Crippen LogP contribution in [0.4, 0.5) is 5.69 Å². The quantitative estimate of drug-likeness (QED) is 0.808. The molecule has 0 saturated carbocycles. The maximum absolute atomic E-state index is 13.5. The molecule has 7 nitrogen and oxygen atoms in total. The summed E-state index contributed by atoms with van der Waals surface area (Å²) in [7, 11) is 1.46. The summed E-state index contributed by atoms with van der Waals surface area (Å²) in [6.07, 6.45) is -1.06. The van der Waals surface area contributed by atoms with Crippen LogP contribution >= 0.6 is 0 Å². The van der Waals surface area contributed by atoms with Crippen molar-refractivity contribution in [2.45, 2.75) is 49.0 Å². The van der Waals surface area contributed by atoms with Crippen LogP contribution in [0.25, 0.3) is 0 Å². The molecule has 138 valence electrons. The number of ketones is 1. The number of aliphatic hydroxyl groups excluding tert-OH is 1. The summed E-state index contributed by atoms with van der Waals surface area (Å²) in [5.41, 5.74) is -0.578. The Bertz CT molecular complexity index is 813. The maximum Gasteiger partial charge on any atom is 0.264 e. The Hall–Kier alpha value is -1.80. The minimum Gasteiger partial charge on any atom is -0.388 e. The SMILES string of the molecule is CCC(=O)[C@]12N[C@H]3C[C@@]4(C(=O)N(OC)c5ccccc54)[C@H](OC[C@@H]31)[C@@H]2O. The van der Waals surface area contributed by atoms with Gasteiger partial charge in [-0.25, -0.2) is 0 Å². The standard InChI is InChI=1S/C19H22N2O5/c1-3-14(22)19-11-9-26-16(15(19)23)18(8-12(11)20-19)10-6-4-5-7-13(10)21(25-2)17(18)24/h4-7,11-12,15-16,20,23H,3,8-9H2,1-2H3/t11-,12-,15-,16+,18-,19+/m0/s1. The van der Waals surface area contributed by atoms with Crippen molar-refractivity contribution in [3.8, 4) is 0 Å². The third kappa shape index (κ3) is 1.55. The van der Waals surface area contributed by atoms with E-state index in [1.54, 1.807) is 6.92 Å². The minimum atomic E-state index is -1.08. The van der Waals surface area contributed by atoms with E-state index in [1.165, 1.54) is 12.2 Å². The van der Waals surface area contributed by atoms with Crippen LogP contribution in [0.1, 0.15) is 25.3 Å². The number of fused-ring (bicyclic) bond motifs is 2. The Morgan fingerprint density at radius 2 is 2.23 bits per heavy atom. The molecule has 4 fully saturated rings. The Morgan fingerprint density at radius 1 is 1.46 bits per heavy atom. The van der Waals surface area contributed by atoms with Gasteiger partial charge >= 0.3 is 0 Å². The summed E-state index contributed by atoms with van der Waals surface area (Å²) in [6.45, 7) is 2.17. The van der Waals surface area contributed by atoms with E-state index in [4.69, 9.17) is 9.57 Å². The van der Waals surface area contributed by atoms with Crippen LogP contribution in [0.15, 0.2) is 24.3 Å². The molecular weight excluding hydrogens is 336 g/mol. The zero-order chi connectivity index (χ0) is 18.3. The summed E-state index contributed by atoms with van der Waals surface area (Å²) in [4.78, 5) is 31.6. The predicted octanol–water partition coefficient (Wildman–Crippen LogP) is 0.302. The highest BCUT2D eigenvalue weighted by molar-refractivity contribution is 6.08. The van der Waals surface area contributed by atoms with E-state index in [0.717, 1.165) is 5.56 Å². The fourth-order valence-corrected chi connectivity index (χ4v) is 5.73. The first-order valence-electron chi connectivity index (χ1n) is 9.11. The summed E-state index contributed by atoms with van der Waals surface area (Å²) in [6, 6.07) is 7.40. The second-order valence-electron chi connectivity index (χ2n) is 7.68. The van der Waals surface area contributed by atoms with Gasteiger partial charge in [0.25, 0.3) is 5.91 Å². The van der Waals surface area contributed by atoms with Gasteiger partial charge in [-0.3, -0.25) is 19.7 Å². The molecule has 5 aliphatic heterocycles. The van der Waals surface area contributed by atoms with Gasteiger partial charge in [0.1, 0.15) is 23.2 Å². The van der Waals surface area contributed by atoms with Gasteiger partial charge in [0.15, 0.2) is 5.78 Å². The average Bonchev–Trinajstić information content (AvgIpc) is 2.73. The van der Waals surface area contributed by atoms with E-state index >= 15 is 0 Å². The number of amides is 1. The maximum atomic E-state index is 13.5. The van der Waals surface area contributed by atoms with Crippen LogP contribution in [0.2, 0.25) is 0 Å². The molecule has 1 aromatic carbocycles. The molecule has 7 heteroatoms. The highest BCUT2D eigenvalue weighted by atomic mass is 16.7. The van der Waals surface area contributed by atoms with Crippen LogP contribution in [-0.2, 0) is 24.6 Å². The monoisotopic (exact) mass is 358 g/mol. The number of para-hydroxylation sites is 1. The van der Waals surface area contributed by atoms with Crippen LogP contribution < -0.4 is 10.4 Å². The number of hydrogen-bond donors (Lipinski definition) is 2. The second-order valence-corrected chi connectivity index (χ2v) is 7.68. The van der Waals surface area contributed by atoms with Gasteiger partial charge in [-0.1, -0.05) is 25.1 Å². The lowest BCUT2D eigenvalue weighted by molar-refractivity contribution is -0.197. The molecule has 4 bridgehead atoms. The van der Waals surface area contributed by atoms with E-state index in [-0.39, 0.29) is 23.7 Å². The van der Waals surface area contributed by atoms with Gasteiger partial charge in [0.2, 0.25) is 0 Å². The van der Waals surface area contributed by atoms with Crippen LogP contribution in [0.3, 0.4) is 0 Å². The minimum absolute atomic E-state index is 0.0149. The van der Waals surface area contributed by atoms with Crippen molar-refractivity contribution in [1.82, 2.24) is 5.32 Å². The van der Waals surface area contributed by atoms with Gasteiger partial charge in [-0.15, -0.1) is 0 Å². The molecule has 26 heavy (non-hydrogen) atoms. The van der Waals surface area contributed by atoms with Gasteiger partial charge in [0.05, 0.1) is 19.4 Å². The first-order valence-corrected chi connectivity index (χ1v) is 9.11. The van der Waals surface area contributed by atoms with Crippen LogP contribution in [-0.4, -0.2) is 54.3 Å². The number of anilines is 1. The topological polar surface area (TPSA) is 88.1 Å². The summed E-state index contributed by atoms with van der Waals surface area (Å²) < 4.78 is 6.05. The summed E-state index contributed by atoms with van der Waals surface area (Å²) >= 11 is 0. The Labute approximate surface area is 151 Å². The van der Waals surface area contributed by atoms with Crippen LogP contribution in [0.5, 0.6) is 0 Å². The number of nitrogens with zero attached hydrogens (tertiary/aromatic N) is 1. The molecule has 1 amide bonds. The zero-order valence-electron chi connectivity index (χ0n) is 14.8. The number of hydrogen-bond acceptors (Lipinski definition) is 6. The molecular formula is C19H22N2O5. The number of aliphatic hydroxyl groups is 1. The molecule has 5 heterocycles. The molecule has 5 aliphatic rings. The third-order valence-corrected chi connectivity index (χ3v) is 6.87. The second kappa shape index (κ2) is 5.13. The van der Waals surface area contributed by atoms with Crippen molar-refractivity contribution in [3.05, 3.63) is 29.8 Å². The van der Waals surface area contributed by atoms with E-state index < -0.39 is 23.2 Å². The highest BCUT2D eigenvalue weighted by Crippen LogP contribution is 2.58. The Kier molecular flexibility index (Phi) is 3.23. The fourth-order valence-electron chi connectivity index (χ4n) is 5.73. The number of rotatable bonds is 3. The first-order chi connectivity index (χ1) is 12.5. The van der Waals surface area contributed by atoms with Crippen molar-refractivity contribution in [3.63, 3.8) is 0 Å². The van der Waals surface area contributed by atoms with E-state index in [9.17, 15) is 14.7 Å². The number of Topliss-reactive ketones (excluding diaryl/α,β-unsaturated/α-hetero) is 1. The average molecular weight is 358 g/mol. The molecule has 0 unspecified atom stereocenters. The number of benzene rings is 1. The van der Waals surface area contributed by atoms with Crippen molar-refractivity contribution < 1.29 is 24.3 Å². The molecule has 0 aromatic heterocycles. The van der Waals surface area contributed by atoms with Gasteiger partial charge < -0.3 is 9.84 Å². The largest absolute Gasteiger partial charge is 0.388 e. The van der Waals surface area contributed by atoms with E-state index in [0.29, 0.717) is 25.1 Å². The molecule has 2 N–H and O–H groups in total. The van der Waals surface area contributed by atoms with Crippen LogP contribution in [0, 0.1) is 5.92 Å². The molecule has 0 aliphatic carbocycles. The van der Waals surface area contributed by atoms with E-state index in [2.05, 4.69) is 5.32 Å². The molecule has 1 spiro atoms. The fraction of sp³-hybridized carbons (Fsp3) is 0.579. The van der Waals surface area contributed by atoms with Crippen molar-refractivity contribution in [2.75, 3.05) is 18.8 Å². The van der Waals surface area contributed by atoms with Gasteiger partial charge in [0, 0.05) is 18.4 Å². The number of ether oxygens (including phenoxy) is 1. The Balaban J connectivity index is 1.71. The number of carbonyl (C=O) groups is 2. The van der Waals surface area contributed by atoms with Gasteiger partial charge in [-0.2, -0.15) is 5.06 Å². The lowest BCUT2D eigenvalue weighted by Crippen LogP contribution is -2.82. The van der Waals surface area contributed by atoms with E-state index in [1.807, 2.05) is 24.3 Å². The van der Waals surface area contributed by atoms with Crippen molar-refractivity contribution in [1.29, 1.82) is 0 Å². The van der Waals surface area contributed by atoms with Crippen molar-refractivity contribution >= 4 is 17.4 Å². The lowest BCUT2D eigenvalue weighted by Gasteiger charge is -2.58. The lowest BCUT2D eigenvalue weighted by atomic mass is 9.64. The smallest absolute Gasteiger partial charge is 0.264 e. The first kappa shape index (κ1) is 16.4. The molecule has 4 saturated heterocycles. The highest BCUT2D eigenvalue weighted by Gasteiger charge is 2.75.